The Morgan fingerprint density at radius 2 is 1.72 bits per heavy atom. The molecule has 25 heavy (non-hydrogen) atoms. The van der Waals surface area contributed by atoms with Crippen LogP contribution in [0.3, 0.4) is 0 Å². The van der Waals surface area contributed by atoms with Crippen molar-refractivity contribution in [2.45, 2.75) is 45.9 Å². The molecule has 0 saturated carbocycles. The summed E-state index contributed by atoms with van der Waals surface area (Å²) in [5, 5.41) is 6.51. The smallest absolute Gasteiger partial charge is 0.237 e. The third kappa shape index (κ3) is 7.97. The lowest BCUT2D eigenvalue weighted by Gasteiger charge is -2.41. The molecule has 2 saturated heterocycles. The molecule has 6 nitrogen and oxygen atoms in total. The van der Waals surface area contributed by atoms with E-state index in [0.717, 1.165) is 52.4 Å². The Hall–Kier alpha value is -0.110. The van der Waals surface area contributed by atoms with Gasteiger partial charge in [-0.3, -0.25) is 14.6 Å². The van der Waals surface area contributed by atoms with Crippen LogP contribution in [-0.2, 0) is 9.53 Å². The van der Waals surface area contributed by atoms with Gasteiger partial charge in [0.25, 0.3) is 0 Å². The molecule has 150 valence electrons. The molecule has 2 rings (SSSR count). The fourth-order valence-electron chi connectivity index (χ4n) is 3.71. The fraction of sp³-hybridized carbons (Fsp3) is 0.941. The Morgan fingerprint density at radius 1 is 1.16 bits per heavy atom. The van der Waals surface area contributed by atoms with Crippen LogP contribution in [0.2, 0.25) is 0 Å². The van der Waals surface area contributed by atoms with Crippen LogP contribution in [0.15, 0.2) is 0 Å². The normalized spacial score (nSPS) is 26.4. The highest BCUT2D eigenvalue weighted by Gasteiger charge is 2.33. The van der Waals surface area contributed by atoms with Gasteiger partial charge in [-0.05, 0) is 19.8 Å². The molecular weight excluding hydrogens is 363 g/mol. The number of carbonyl (C=O) groups is 1. The Kier molecular flexibility index (Phi) is 12.3. The van der Waals surface area contributed by atoms with E-state index in [9.17, 15) is 4.79 Å². The van der Waals surface area contributed by atoms with E-state index in [0.29, 0.717) is 5.92 Å². The molecule has 2 aliphatic rings. The Balaban J connectivity index is 0.00000288. The van der Waals surface area contributed by atoms with Crippen molar-refractivity contribution in [1.82, 2.24) is 20.4 Å². The maximum atomic E-state index is 12.7. The molecule has 2 aliphatic heterocycles. The maximum Gasteiger partial charge on any atom is 0.237 e. The van der Waals surface area contributed by atoms with Gasteiger partial charge in [-0.1, -0.05) is 13.8 Å². The number of halogens is 2. The topological polar surface area (TPSA) is 56.8 Å². The minimum Gasteiger partial charge on any atom is -0.373 e. The number of amides is 1. The third-order valence-electron chi connectivity index (χ3n) is 4.68. The van der Waals surface area contributed by atoms with Crippen molar-refractivity contribution in [1.29, 1.82) is 0 Å². The molecule has 8 heteroatoms. The molecule has 0 spiro atoms. The molecule has 1 amide bonds. The second kappa shape index (κ2) is 12.3. The summed E-state index contributed by atoms with van der Waals surface area (Å²) in [7, 11) is 0. The Labute approximate surface area is 165 Å². The summed E-state index contributed by atoms with van der Waals surface area (Å²) in [4.78, 5) is 17.4. The Morgan fingerprint density at radius 3 is 2.24 bits per heavy atom. The van der Waals surface area contributed by atoms with E-state index in [1.165, 1.54) is 0 Å². The van der Waals surface area contributed by atoms with Gasteiger partial charge in [0.15, 0.2) is 0 Å². The predicted octanol–water partition coefficient (Wildman–Crippen LogP) is 0.985. The highest BCUT2D eigenvalue weighted by atomic mass is 35.5. The molecule has 0 aliphatic carbocycles. The van der Waals surface area contributed by atoms with E-state index in [2.05, 4.69) is 48.1 Å². The summed E-state index contributed by atoms with van der Waals surface area (Å²) in [5.41, 5.74) is 0. The van der Waals surface area contributed by atoms with Crippen molar-refractivity contribution < 1.29 is 9.53 Å². The van der Waals surface area contributed by atoms with Gasteiger partial charge < -0.3 is 15.4 Å². The summed E-state index contributed by atoms with van der Waals surface area (Å²) in [6, 6.07) is -0.0631. The fourth-order valence-corrected chi connectivity index (χ4v) is 3.71. The SMILES string of the molecule is CC1CN(C(C(=O)NCCN2CCNCC2)C(C)C)CC(C)O1.Cl.Cl. The van der Waals surface area contributed by atoms with Gasteiger partial charge in [0.1, 0.15) is 0 Å². The van der Waals surface area contributed by atoms with Crippen LogP contribution in [-0.4, -0.2) is 86.3 Å². The highest BCUT2D eigenvalue weighted by Crippen LogP contribution is 2.18. The predicted molar refractivity (Wildman–Crippen MR) is 107 cm³/mol. The number of nitrogens with zero attached hydrogens (tertiary/aromatic N) is 2. The molecule has 2 fully saturated rings. The summed E-state index contributed by atoms with van der Waals surface area (Å²) in [5.74, 6) is 0.461. The van der Waals surface area contributed by atoms with Gasteiger partial charge >= 0.3 is 0 Å². The zero-order chi connectivity index (χ0) is 16.8. The van der Waals surface area contributed by atoms with Crippen molar-refractivity contribution in [3.63, 3.8) is 0 Å². The molecule has 2 N–H and O–H groups in total. The van der Waals surface area contributed by atoms with Crippen LogP contribution in [0, 0.1) is 5.92 Å². The number of ether oxygens (including phenoxy) is 1. The lowest BCUT2D eigenvalue weighted by Crippen LogP contribution is -2.57. The van der Waals surface area contributed by atoms with Gasteiger partial charge in [0, 0.05) is 52.4 Å². The van der Waals surface area contributed by atoms with Crippen LogP contribution in [0.5, 0.6) is 0 Å². The van der Waals surface area contributed by atoms with Crippen molar-refractivity contribution >= 4 is 30.7 Å². The van der Waals surface area contributed by atoms with Crippen molar-refractivity contribution in [3.8, 4) is 0 Å². The van der Waals surface area contributed by atoms with E-state index in [1.807, 2.05) is 0 Å². The number of nitrogens with one attached hydrogen (secondary N) is 2. The summed E-state index contributed by atoms with van der Waals surface area (Å²) < 4.78 is 5.80. The van der Waals surface area contributed by atoms with E-state index in [-0.39, 0.29) is 49.0 Å². The third-order valence-corrected chi connectivity index (χ3v) is 4.68. The molecule has 0 radical (unpaired) electrons. The minimum absolute atomic E-state index is 0. The van der Waals surface area contributed by atoms with Crippen molar-refractivity contribution in [2.75, 3.05) is 52.4 Å². The molecule has 0 aromatic rings. The van der Waals surface area contributed by atoms with Gasteiger partial charge in [0.2, 0.25) is 5.91 Å². The molecule has 3 atom stereocenters. The summed E-state index contributed by atoms with van der Waals surface area (Å²) >= 11 is 0. The largest absolute Gasteiger partial charge is 0.373 e. The first-order valence-corrected chi connectivity index (χ1v) is 9.07. The van der Waals surface area contributed by atoms with Gasteiger partial charge in [-0.2, -0.15) is 0 Å². The van der Waals surface area contributed by atoms with E-state index in [1.54, 1.807) is 0 Å². The Bertz CT molecular complexity index is 372. The van der Waals surface area contributed by atoms with Crippen LogP contribution in [0.1, 0.15) is 27.7 Å². The lowest BCUT2D eigenvalue weighted by atomic mass is 9.99. The highest BCUT2D eigenvalue weighted by molar-refractivity contribution is 5.85. The number of carbonyl (C=O) groups excluding carboxylic acids is 1. The lowest BCUT2D eigenvalue weighted by molar-refractivity contribution is -0.135. The zero-order valence-electron chi connectivity index (χ0n) is 16.0. The average Bonchev–Trinajstić information content (AvgIpc) is 2.47. The number of piperazine rings is 1. The van der Waals surface area contributed by atoms with E-state index < -0.39 is 0 Å². The number of hydrogen-bond donors (Lipinski definition) is 2. The van der Waals surface area contributed by atoms with Crippen LogP contribution in [0.4, 0.5) is 0 Å². The summed E-state index contributed by atoms with van der Waals surface area (Å²) in [6.45, 7) is 16.0. The molecule has 0 aromatic carbocycles. The zero-order valence-corrected chi connectivity index (χ0v) is 17.6. The molecule has 0 bridgehead atoms. The number of rotatable bonds is 6. The van der Waals surface area contributed by atoms with Gasteiger partial charge in [-0.25, -0.2) is 0 Å². The van der Waals surface area contributed by atoms with Crippen molar-refractivity contribution in [2.24, 2.45) is 5.92 Å². The molecule has 3 unspecified atom stereocenters. The van der Waals surface area contributed by atoms with Crippen LogP contribution < -0.4 is 10.6 Å². The quantitative estimate of drug-likeness (QED) is 0.698. The second-order valence-corrected chi connectivity index (χ2v) is 7.28. The maximum absolute atomic E-state index is 12.7. The number of hydrogen-bond acceptors (Lipinski definition) is 5. The minimum atomic E-state index is -0.0631. The average molecular weight is 399 g/mol. The van der Waals surface area contributed by atoms with E-state index in [4.69, 9.17) is 4.74 Å². The van der Waals surface area contributed by atoms with Crippen LogP contribution in [0.25, 0.3) is 0 Å². The molecular formula is C17H36Cl2N4O2. The first-order chi connectivity index (χ1) is 11.0. The monoisotopic (exact) mass is 398 g/mol. The second-order valence-electron chi connectivity index (χ2n) is 7.28. The summed E-state index contributed by atoms with van der Waals surface area (Å²) in [6.07, 6.45) is 0.377. The van der Waals surface area contributed by atoms with Gasteiger partial charge in [0.05, 0.1) is 18.2 Å². The number of morpholine rings is 1. The van der Waals surface area contributed by atoms with Crippen molar-refractivity contribution in [3.05, 3.63) is 0 Å². The molecule has 2 heterocycles. The van der Waals surface area contributed by atoms with E-state index >= 15 is 0 Å². The first kappa shape index (κ1) is 24.9. The van der Waals surface area contributed by atoms with Gasteiger partial charge in [-0.15, -0.1) is 24.8 Å². The molecule has 0 aromatic heterocycles. The first-order valence-electron chi connectivity index (χ1n) is 9.07. The standard InChI is InChI=1S/C17H34N4O2.2ClH/c1-13(2)16(21-11-14(3)23-15(4)12-21)17(22)19-7-10-20-8-5-18-6-9-20;;/h13-16,18H,5-12H2,1-4H3,(H,19,22);2*1H. The van der Waals surface area contributed by atoms with Crippen LogP contribution >= 0.6 is 24.8 Å².